The van der Waals surface area contributed by atoms with Crippen LogP contribution in [0.25, 0.3) is 0 Å². The Balaban J connectivity index is 2.82. The molecule has 0 aromatic carbocycles. The molecular weight excluding hydrogens is 347 g/mol. The second kappa shape index (κ2) is 5.59. The van der Waals surface area contributed by atoms with Gasteiger partial charge >= 0.3 is 96.5 Å². The van der Waals surface area contributed by atoms with E-state index in [9.17, 15) is 4.79 Å². The van der Waals surface area contributed by atoms with Crippen molar-refractivity contribution in [2.24, 2.45) is 0 Å². The van der Waals surface area contributed by atoms with Crippen LogP contribution in [-0.2, 0) is 9.53 Å². The summed E-state index contributed by atoms with van der Waals surface area (Å²) in [6.07, 6.45) is 5.64. The first-order chi connectivity index (χ1) is 6.27. The molecule has 1 heterocycles. The molecule has 0 atom stereocenters. The third kappa shape index (κ3) is 3.27. The monoisotopic (exact) mass is 355 g/mol. The molecule has 0 unspecified atom stereocenters. The molecule has 0 N–H and O–H groups in total. The number of allylic oxidation sites excluding steroid dienone is 3. The summed E-state index contributed by atoms with van der Waals surface area (Å²) < 4.78 is 8.05. The number of hydrogen-bond donors (Lipinski definition) is 0. The molecule has 13 heavy (non-hydrogen) atoms. The molecule has 0 aliphatic carbocycles. The van der Waals surface area contributed by atoms with E-state index < -0.39 is 0 Å². The number of hydrogen-bond acceptors (Lipinski definition) is 2. The van der Waals surface area contributed by atoms with Crippen LogP contribution in [0.15, 0.2) is 31.5 Å². The fourth-order valence-electron chi connectivity index (χ4n) is 0.780. The van der Waals surface area contributed by atoms with Gasteiger partial charge in [0.1, 0.15) is 0 Å². The summed E-state index contributed by atoms with van der Waals surface area (Å²) in [5.41, 5.74) is 0.623. The van der Waals surface area contributed by atoms with E-state index in [1.807, 2.05) is 18.2 Å². The van der Waals surface area contributed by atoms with E-state index >= 15 is 0 Å². The van der Waals surface area contributed by atoms with Crippen molar-refractivity contribution >= 4 is 21.9 Å². The molecule has 0 spiro atoms. The molecule has 0 bridgehead atoms. The van der Waals surface area contributed by atoms with Gasteiger partial charge < -0.3 is 0 Å². The van der Waals surface area contributed by atoms with Crippen LogP contribution in [-0.4, -0.2) is 18.4 Å². The van der Waals surface area contributed by atoms with Crippen molar-refractivity contribution in [2.45, 2.75) is 0 Å². The average Bonchev–Trinajstić information content (AvgIpc) is 2.41. The second-order valence-electron chi connectivity index (χ2n) is 2.26. The zero-order valence-electron chi connectivity index (χ0n) is 7.09. The molecule has 0 fully saturated rings. The van der Waals surface area contributed by atoms with Crippen molar-refractivity contribution in [2.75, 3.05) is 12.4 Å². The van der Waals surface area contributed by atoms with Crippen molar-refractivity contribution in [3.05, 3.63) is 31.5 Å². The van der Waals surface area contributed by atoms with Gasteiger partial charge in [-0.15, -0.1) is 0 Å². The summed E-state index contributed by atoms with van der Waals surface area (Å²) in [6.45, 7) is 0. The first-order valence-electron chi connectivity index (χ1n) is 3.63. The normalized spacial score (nSPS) is 16.5. The van der Waals surface area contributed by atoms with E-state index in [1.54, 1.807) is 0 Å². The van der Waals surface area contributed by atoms with E-state index in [-0.39, 0.29) is 27.2 Å². The van der Waals surface area contributed by atoms with Gasteiger partial charge in [0.2, 0.25) is 0 Å². The minimum absolute atomic E-state index is 0.0630. The topological polar surface area (TPSA) is 26.3 Å². The van der Waals surface area contributed by atoms with Gasteiger partial charge in [0.15, 0.2) is 0 Å². The van der Waals surface area contributed by atoms with Crippen LogP contribution >= 0.6 is 15.9 Å². The SMILES string of the molecule is COC(=O)C1=CC=C(CBr)[I-]C=C1. The number of alkyl halides is 1. The predicted molar refractivity (Wildman–Crippen MR) is 51.1 cm³/mol. The standard InChI is InChI=1S/C9H9BrIO2/c1-13-9(12)7-2-3-8(6-10)11-5-4-7/h2-5H,6H2,1H3/q-1. The van der Waals surface area contributed by atoms with Gasteiger partial charge in [0, 0.05) is 0 Å². The summed E-state index contributed by atoms with van der Waals surface area (Å²) in [5, 5.41) is 0.884. The van der Waals surface area contributed by atoms with Crippen molar-refractivity contribution < 1.29 is 30.7 Å². The number of rotatable bonds is 2. The first kappa shape index (κ1) is 11.0. The molecule has 72 valence electrons. The average molecular weight is 356 g/mol. The van der Waals surface area contributed by atoms with Crippen molar-refractivity contribution in [3.63, 3.8) is 0 Å². The zero-order chi connectivity index (χ0) is 9.68. The number of methoxy groups -OCH3 is 1. The molecule has 1 aliphatic rings. The molecule has 0 saturated heterocycles. The van der Waals surface area contributed by atoms with E-state index in [0.717, 1.165) is 5.33 Å². The Morgan fingerprint density at radius 2 is 2.38 bits per heavy atom. The second-order valence-corrected chi connectivity index (χ2v) is 5.55. The minimum atomic E-state index is -0.271. The van der Waals surface area contributed by atoms with E-state index in [4.69, 9.17) is 0 Å². The molecule has 0 radical (unpaired) electrons. The molecule has 2 nitrogen and oxygen atoms in total. The van der Waals surface area contributed by atoms with Crippen LogP contribution in [0, 0.1) is 0 Å². The van der Waals surface area contributed by atoms with Crippen LogP contribution in [0.2, 0.25) is 0 Å². The van der Waals surface area contributed by atoms with Crippen molar-refractivity contribution in [3.8, 4) is 0 Å². The zero-order valence-corrected chi connectivity index (χ0v) is 10.8. The number of halogens is 2. The quantitative estimate of drug-likeness (QED) is 0.360. The fourth-order valence-corrected chi connectivity index (χ4v) is 3.37. The Labute approximate surface area is 96.1 Å². The molecule has 1 rings (SSSR count). The van der Waals surface area contributed by atoms with Crippen LogP contribution in [0.3, 0.4) is 0 Å². The van der Waals surface area contributed by atoms with Gasteiger partial charge in [0.05, 0.1) is 0 Å². The van der Waals surface area contributed by atoms with Gasteiger partial charge in [-0.2, -0.15) is 0 Å². The molecule has 1 aliphatic heterocycles. The number of esters is 1. The van der Waals surface area contributed by atoms with Crippen molar-refractivity contribution in [1.29, 1.82) is 0 Å². The number of carbonyl (C=O) groups excluding carboxylic acids is 1. The maximum absolute atomic E-state index is 11.1. The predicted octanol–water partition coefficient (Wildman–Crippen LogP) is -1.02. The van der Waals surface area contributed by atoms with Gasteiger partial charge in [-0.1, -0.05) is 0 Å². The van der Waals surface area contributed by atoms with Crippen LogP contribution in [0.4, 0.5) is 0 Å². The van der Waals surface area contributed by atoms with E-state index in [0.29, 0.717) is 5.57 Å². The van der Waals surface area contributed by atoms with Crippen LogP contribution in [0.1, 0.15) is 0 Å². The van der Waals surface area contributed by atoms with E-state index in [2.05, 4.69) is 24.7 Å². The summed E-state index contributed by atoms with van der Waals surface area (Å²) in [7, 11) is 1.39. The van der Waals surface area contributed by atoms with Crippen LogP contribution < -0.4 is 21.2 Å². The summed E-state index contributed by atoms with van der Waals surface area (Å²) >= 11 is 3.34. The molecule has 4 heteroatoms. The Bertz CT molecular complexity index is 292. The molecule has 0 aromatic rings. The summed E-state index contributed by atoms with van der Waals surface area (Å²) in [6, 6.07) is 0. The van der Waals surface area contributed by atoms with Crippen molar-refractivity contribution in [1.82, 2.24) is 0 Å². The molecule has 0 amide bonds. The molecular formula is C9H9BrIO2-. The van der Waals surface area contributed by atoms with Gasteiger partial charge in [-0.3, -0.25) is 0 Å². The van der Waals surface area contributed by atoms with Gasteiger partial charge in [-0.25, -0.2) is 0 Å². The van der Waals surface area contributed by atoms with Gasteiger partial charge in [0.25, 0.3) is 0 Å². The summed E-state index contributed by atoms with van der Waals surface area (Å²) in [4.78, 5) is 11.1. The maximum atomic E-state index is 11.1. The van der Waals surface area contributed by atoms with Gasteiger partial charge in [-0.05, 0) is 0 Å². The number of ether oxygens (including phenoxy) is 1. The Hall–Kier alpha value is -0.100. The Kier molecular flexibility index (Phi) is 4.72. The Morgan fingerprint density at radius 1 is 1.62 bits per heavy atom. The number of carbonyl (C=O) groups is 1. The first-order valence-corrected chi connectivity index (χ1v) is 7.07. The third-order valence-corrected chi connectivity index (χ3v) is 5.35. The van der Waals surface area contributed by atoms with E-state index in [1.165, 1.54) is 10.7 Å². The Morgan fingerprint density at radius 3 is 3.00 bits per heavy atom. The molecule has 0 aromatic heterocycles. The summed E-state index contributed by atoms with van der Waals surface area (Å²) in [5.74, 6) is -0.271. The molecule has 0 saturated carbocycles. The third-order valence-electron chi connectivity index (χ3n) is 1.44. The fraction of sp³-hybridized carbons (Fsp3) is 0.222. The van der Waals surface area contributed by atoms with Crippen LogP contribution in [0.5, 0.6) is 0 Å².